The maximum atomic E-state index is 12.1. The van der Waals surface area contributed by atoms with E-state index in [9.17, 15) is 18.5 Å². The molecule has 0 amide bonds. The standard InChI is InChI=1S/C8H9N5O4S3/c1-2-9-7-5(13(14)15)3-6(19-7)20(16,17)12-8-11-10-4-18-8/h3-4,9H,2H2,1H3,(H,11,12). The van der Waals surface area contributed by atoms with E-state index in [2.05, 4.69) is 20.2 Å². The highest BCUT2D eigenvalue weighted by atomic mass is 32.2. The summed E-state index contributed by atoms with van der Waals surface area (Å²) in [7, 11) is -3.90. The molecular weight excluding hydrogens is 326 g/mol. The minimum atomic E-state index is -3.90. The van der Waals surface area contributed by atoms with Crippen LogP contribution in [-0.4, -0.2) is 30.1 Å². The fourth-order valence-electron chi connectivity index (χ4n) is 1.30. The molecule has 0 saturated heterocycles. The second kappa shape index (κ2) is 5.68. The quantitative estimate of drug-likeness (QED) is 0.608. The van der Waals surface area contributed by atoms with E-state index in [4.69, 9.17) is 0 Å². The molecule has 0 atom stereocenters. The summed E-state index contributed by atoms with van der Waals surface area (Å²) in [6, 6.07) is 1.02. The molecular formula is C8H9N5O4S3. The van der Waals surface area contributed by atoms with Crippen LogP contribution in [0, 0.1) is 10.1 Å². The SMILES string of the molecule is CCNc1sc(S(=O)(=O)Nc2nncs2)cc1[N+](=O)[O-]. The smallest absolute Gasteiger partial charge is 0.304 e. The number of nitrogens with one attached hydrogen (secondary N) is 2. The minimum Gasteiger partial charge on any atom is -0.372 e. The molecule has 0 bridgehead atoms. The predicted octanol–water partition coefficient (Wildman–Crippen LogP) is 1.74. The monoisotopic (exact) mass is 335 g/mol. The first-order valence-corrected chi connectivity index (χ1v) is 8.43. The van der Waals surface area contributed by atoms with Crippen LogP contribution in [-0.2, 0) is 10.0 Å². The second-order valence-corrected chi connectivity index (χ2v) is 7.21. The van der Waals surface area contributed by atoms with Gasteiger partial charge in [0.2, 0.25) is 5.13 Å². The molecule has 0 aliphatic rings. The number of nitro groups is 1. The lowest BCUT2D eigenvalue weighted by atomic mass is 10.5. The summed E-state index contributed by atoms with van der Waals surface area (Å²) < 4.78 is 26.2. The van der Waals surface area contributed by atoms with E-state index in [0.29, 0.717) is 6.54 Å². The van der Waals surface area contributed by atoms with Gasteiger partial charge < -0.3 is 5.32 Å². The molecule has 2 rings (SSSR count). The van der Waals surface area contributed by atoms with Crippen molar-refractivity contribution in [2.75, 3.05) is 16.6 Å². The molecule has 2 N–H and O–H groups in total. The average molecular weight is 335 g/mol. The van der Waals surface area contributed by atoms with Crippen molar-refractivity contribution in [3.8, 4) is 0 Å². The van der Waals surface area contributed by atoms with Gasteiger partial charge in [-0.05, 0) is 6.92 Å². The zero-order valence-electron chi connectivity index (χ0n) is 10.1. The van der Waals surface area contributed by atoms with Crippen LogP contribution in [0.3, 0.4) is 0 Å². The second-order valence-electron chi connectivity index (χ2n) is 3.42. The normalized spacial score (nSPS) is 11.2. The van der Waals surface area contributed by atoms with Crippen LogP contribution >= 0.6 is 22.7 Å². The first-order valence-electron chi connectivity index (χ1n) is 5.25. The van der Waals surface area contributed by atoms with Crippen LogP contribution in [0.2, 0.25) is 0 Å². The molecule has 20 heavy (non-hydrogen) atoms. The van der Waals surface area contributed by atoms with Crippen molar-refractivity contribution >= 4 is 48.5 Å². The summed E-state index contributed by atoms with van der Waals surface area (Å²) in [5.41, 5.74) is 1.10. The molecule has 2 aromatic rings. The molecule has 0 aliphatic carbocycles. The lowest BCUT2D eigenvalue weighted by Gasteiger charge is -2.00. The molecule has 2 heterocycles. The largest absolute Gasteiger partial charge is 0.372 e. The number of rotatable bonds is 6. The van der Waals surface area contributed by atoms with Gasteiger partial charge >= 0.3 is 5.69 Å². The summed E-state index contributed by atoms with van der Waals surface area (Å²) >= 11 is 1.81. The van der Waals surface area contributed by atoms with Gasteiger partial charge in [0, 0.05) is 12.6 Å². The zero-order valence-corrected chi connectivity index (χ0v) is 12.5. The maximum Gasteiger partial charge on any atom is 0.304 e. The third-order valence-corrected chi connectivity index (χ3v) is 5.70. The van der Waals surface area contributed by atoms with E-state index in [1.54, 1.807) is 6.92 Å². The summed E-state index contributed by atoms with van der Waals surface area (Å²) in [5, 5.41) is 21.0. The van der Waals surface area contributed by atoms with Crippen molar-refractivity contribution < 1.29 is 13.3 Å². The van der Waals surface area contributed by atoms with Crippen molar-refractivity contribution in [2.45, 2.75) is 11.1 Å². The summed E-state index contributed by atoms with van der Waals surface area (Å²) in [6.07, 6.45) is 0. The van der Waals surface area contributed by atoms with Gasteiger partial charge in [0.15, 0.2) is 5.00 Å². The Morgan fingerprint density at radius 2 is 2.25 bits per heavy atom. The molecule has 0 aliphatic heterocycles. The van der Waals surface area contributed by atoms with E-state index in [1.807, 2.05) is 0 Å². The lowest BCUT2D eigenvalue weighted by molar-refractivity contribution is -0.383. The highest BCUT2D eigenvalue weighted by Crippen LogP contribution is 2.37. The Labute approximate surface area is 121 Å². The Bertz CT molecular complexity index is 709. The van der Waals surface area contributed by atoms with Gasteiger partial charge in [-0.2, -0.15) is 0 Å². The molecule has 9 nitrogen and oxygen atoms in total. The maximum absolute atomic E-state index is 12.1. The molecule has 0 fully saturated rings. The van der Waals surface area contributed by atoms with Crippen LogP contribution in [0.1, 0.15) is 6.92 Å². The number of thiophene rings is 1. The Morgan fingerprint density at radius 3 is 2.80 bits per heavy atom. The molecule has 12 heteroatoms. The van der Waals surface area contributed by atoms with E-state index >= 15 is 0 Å². The van der Waals surface area contributed by atoms with Crippen molar-refractivity contribution in [2.24, 2.45) is 0 Å². The van der Waals surface area contributed by atoms with Crippen molar-refractivity contribution in [3.63, 3.8) is 0 Å². The van der Waals surface area contributed by atoms with E-state index in [0.717, 1.165) is 28.7 Å². The Hall–Kier alpha value is -1.79. The van der Waals surface area contributed by atoms with Gasteiger partial charge in [-0.15, -0.1) is 10.2 Å². The minimum absolute atomic E-state index is 0.103. The Kier molecular flexibility index (Phi) is 4.15. The summed E-state index contributed by atoms with van der Waals surface area (Å²) in [5.74, 6) is 0. The topological polar surface area (TPSA) is 127 Å². The first kappa shape index (κ1) is 14.6. The molecule has 0 aromatic carbocycles. The highest BCUT2D eigenvalue weighted by Gasteiger charge is 2.26. The first-order chi connectivity index (χ1) is 9.44. The van der Waals surface area contributed by atoms with Gasteiger partial charge in [-0.25, -0.2) is 8.42 Å². The molecule has 2 aromatic heterocycles. The van der Waals surface area contributed by atoms with Gasteiger partial charge in [0.05, 0.1) is 4.92 Å². The fraction of sp³-hybridized carbons (Fsp3) is 0.250. The van der Waals surface area contributed by atoms with Crippen molar-refractivity contribution in [1.29, 1.82) is 0 Å². The van der Waals surface area contributed by atoms with Crippen LogP contribution in [0.5, 0.6) is 0 Å². The van der Waals surface area contributed by atoms with Crippen LogP contribution in [0.4, 0.5) is 15.8 Å². The number of sulfonamides is 1. The van der Waals surface area contributed by atoms with E-state index in [1.165, 1.54) is 5.51 Å². The molecule has 0 radical (unpaired) electrons. The molecule has 108 valence electrons. The third-order valence-electron chi connectivity index (χ3n) is 2.07. The van der Waals surface area contributed by atoms with Gasteiger partial charge in [-0.1, -0.05) is 22.7 Å². The molecule has 0 unspecified atom stereocenters. The number of nitrogens with zero attached hydrogens (tertiary/aromatic N) is 3. The Balaban J connectivity index is 2.36. The predicted molar refractivity (Wildman–Crippen MR) is 75.9 cm³/mol. The number of hydrogen-bond donors (Lipinski definition) is 2. The van der Waals surface area contributed by atoms with E-state index < -0.39 is 14.9 Å². The lowest BCUT2D eigenvalue weighted by Crippen LogP contribution is -2.11. The molecule has 0 spiro atoms. The van der Waals surface area contributed by atoms with Crippen LogP contribution in [0.15, 0.2) is 15.8 Å². The Morgan fingerprint density at radius 1 is 1.50 bits per heavy atom. The van der Waals surface area contributed by atoms with E-state index in [-0.39, 0.29) is 20.0 Å². The van der Waals surface area contributed by atoms with Gasteiger partial charge in [0.1, 0.15) is 9.72 Å². The summed E-state index contributed by atoms with van der Waals surface area (Å²) in [6.45, 7) is 2.21. The van der Waals surface area contributed by atoms with Gasteiger partial charge in [0.25, 0.3) is 10.0 Å². The number of anilines is 2. The summed E-state index contributed by atoms with van der Waals surface area (Å²) in [4.78, 5) is 10.3. The van der Waals surface area contributed by atoms with Crippen molar-refractivity contribution in [3.05, 3.63) is 21.7 Å². The number of hydrogen-bond acceptors (Lipinski definition) is 9. The third kappa shape index (κ3) is 3.02. The number of aromatic nitrogens is 2. The molecule has 0 saturated carbocycles. The zero-order chi connectivity index (χ0) is 14.8. The van der Waals surface area contributed by atoms with Gasteiger partial charge in [-0.3, -0.25) is 14.8 Å². The fourth-order valence-corrected chi connectivity index (χ4v) is 4.39. The van der Waals surface area contributed by atoms with Crippen LogP contribution in [0.25, 0.3) is 0 Å². The van der Waals surface area contributed by atoms with Crippen LogP contribution < -0.4 is 10.0 Å². The average Bonchev–Trinajstić information content (AvgIpc) is 2.98. The highest BCUT2D eigenvalue weighted by molar-refractivity contribution is 7.95. The van der Waals surface area contributed by atoms with Crippen molar-refractivity contribution in [1.82, 2.24) is 10.2 Å².